The Balaban J connectivity index is 2.16. The molecule has 0 saturated carbocycles. The maximum absolute atomic E-state index is 5.40. The van der Waals surface area contributed by atoms with Crippen molar-refractivity contribution in [3.63, 3.8) is 0 Å². The molecule has 0 saturated heterocycles. The first-order valence-electron chi connectivity index (χ1n) is 5.63. The van der Waals surface area contributed by atoms with Crippen molar-refractivity contribution in [1.82, 2.24) is 14.8 Å². The molecule has 0 unspecified atom stereocenters. The van der Waals surface area contributed by atoms with Gasteiger partial charge in [0.15, 0.2) is 0 Å². The molecule has 3 aromatic rings. The molecule has 0 bridgehead atoms. The van der Waals surface area contributed by atoms with E-state index in [4.69, 9.17) is 6.42 Å². The molecule has 86 valence electrons. The number of benzene rings is 1. The van der Waals surface area contributed by atoms with Gasteiger partial charge in [0.2, 0.25) is 0 Å². The Morgan fingerprint density at radius 3 is 2.94 bits per heavy atom. The molecule has 0 fully saturated rings. The molecule has 3 nitrogen and oxygen atoms in total. The summed E-state index contributed by atoms with van der Waals surface area (Å²) < 4.78 is 1.85. The van der Waals surface area contributed by atoms with Gasteiger partial charge in [0.05, 0.1) is 17.4 Å². The highest BCUT2D eigenvalue weighted by Crippen LogP contribution is 2.22. The summed E-state index contributed by atoms with van der Waals surface area (Å²) >= 11 is 0. The zero-order valence-electron chi connectivity index (χ0n) is 9.96. The van der Waals surface area contributed by atoms with E-state index < -0.39 is 0 Å². The molecule has 3 rings (SSSR count). The van der Waals surface area contributed by atoms with Crippen LogP contribution in [0.5, 0.6) is 0 Å². The second kappa shape index (κ2) is 4.01. The summed E-state index contributed by atoms with van der Waals surface area (Å²) in [5.41, 5.74) is 3.88. The number of hydrogen-bond donors (Lipinski definition) is 0. The molecule has 0 aliphatic rings. The smallest absolute Gasteiger partial charge is 0.0714 e. The number of aryl methyl sites for hydroxylation is 1. The highest BCUT2D eigenvalue weighted by atomic mass is 15.2. The molecule has 0 N–H and O–H groups in total. The van der Waals surface area contributed by atoms with Crippen molar-refractivity contribution in [2.24, 2.45) is 7.05 Å². The van der Waals surface area contributed by atoms with Crippen LogP contribution in [0.25, 0.3) is 22.2 Å². The number of aromatic nitrogens is 3. The van der Waals surface area contributed by atoms with Crippen molar-refractivity contribution in [3.8, 4) is 23.6 Å². The zero-order valence-corrected chi connectivity index (χ0v) is 9.96. The maximum atomic E-state index is 5.40. The lowest BCUT2D eigenvalue weighted by molar-refractivity contribution is 0.797. The molecule has 0 aliphatic heterocycles. The van der Waals surface area contributed by atoms with E-state index in [1.54, 1.807) is 6.20 Å². The van der Waals surface area contributed by atoms with Crippen LogP contribution in [0, 0.1) is 12.3 Å². The molecule has 0 atom stereocenters. The highest BCUT2D eigenvalue weighted by Gasteiger charge is 2.04. The average Bonchev–Trinajstić information content (AvgIpc) is 2.80. The standard InChI is InChI=1S/C15H11N3/c1-3-11-6-7-16-14(8-11)12-4-5-15-13(9-12)10-17-18(15)2/h1,4-10H,2H3. The van der Waals surface area contributed by atoms with Crippen LogP contribution in [0.4, 0.5) is 0 Å². The Hall–Kier alpha value is -2.60. The van der Waals surface area contributed by atoms with E-state index in [1.165, 1.54) is 0 Å². The number of pyridine rings is 1. The van der Waals surface area contributed by atoms with E-state index in [-0.39, 0.29) is 0 Å². The number of fused-ring (bicyclic) bond motifs is 1. The lowest BCUT2D eigenvalue weighted by Crippen LogP contribution is -1.89. The molecule has 0 amide bonds. The third kappa shape index (κ3) is 1.64. The van der Waals surface area contributed by atoms with Gasteiger partial charge in [-0.2, -0.15) is 5.10 Å². The summed E-state index contributed by atoms with van der Waals surface area (Å²) in [6.07, 6.45) is 8.98. The first-order valence-corrected chi connectivity index (χ1v) is 5.63. The zero-order chi connectivity index (χ0) is 12.5. The van der Waals surface area contributed by atoms with E-state index in [0.29, 0.717) is 0 Å². The van der Waals surface area contributed by atoms with Crippen molar-refractivity contribution in [1.29, 1.82) is 0 Å². The van der Waals surface area contributed by atoms with Crippen LogP contribution < -0.4 is 0 Å². The summed E-state index contributed by atoms with van der Waals surface area (Å²) in [5.74, 6) is 2.62. The van der Waals surface area contributed by atoms with Gasteiger partial charge in [-0.1, -0.05) is 12.0 Å². The van der Waals surface area contributed by atoms with Crippen molar-refractivity contribution in [3.05, 3.63) is 48.3 Å². The molecule has 18 heavy (non-hydrogen) atoms. The van der Waals surface area contributed by atoms with Crippen molar-refractivity contribution in [2.75, 3.05) is 0 Å². The third-order valence-electron chi connectivity index (χ3n) is 2.97. The van der Waals surface area contributed by atoms with Crippen LogP contribution in [0.2, 0.25) is 0 Å². The van der Waals surface area contributed by atoms with Gasteiger partial charge >= 0.3 is 0 Å². The molecule has 0 aliphatic carbocycles. The minimum Gasteiger partial charge on any atom is -0.268 e. The lowest BCUT2D eigenvalue weighted by Gasteiger charge is -2.02. The Morgan fingerprint density at radius 1 is 1.22 bits per heavy atom. The van der Waals surface area contributed by atoms with Crippen LogP contribution in [0.15, 0.2) is 42.7 Å². The first kappa shape index (κ1) is 10.5. The van der Waals surface area contributed by atoms with Crippen molar-refractivity contribution < 1.29 is 0 Å². The fraction of sp³-hybridized carbons (Fsp3) is 0.0667. The molecular weight excluding hydrogens is 222 g/mol. The van der Waals surface area contributed by atoms with Gasteiger partial charge in [-0.15, -0.1) is 6.42 Å². The summed E-state index contributed by atoms with van der Waals surface area (Å²) in [7, 11) is 1.93. The summed E-state index contributed by atoms with van der Waals surface area (Å²) in [6, 6.07) is 9.89. The summed E-state index contributed by atoms with van der Waals surface area (Å²) in [6.45, 7) is 0. The van der Waals surface area contributed by atoms with Gasteiger partial charge in [0.1, 0.15) is 0 Å². The SMILES string of the molecule is C#Cc1ccnc(-c2ccc3c(cnn3C)c2)c1. The second-order valence-corrected chi connectivity index (χ2v) is 4.12. The van der Waals surface area contributed by atoms with Crippen LogP contribution in [0.3, 0.4) is 0 Å². The van der Waals surface area contributed by atoms with Gasteiger partial charge < -0.3 is 0 Å². The largest absolute Gasteiger partial charge is 0.268 e. The van der Waals surface area contributed by atoms with E-state index >= 15 is 0 Å². The topological polar surface area (TPSA) is 30.7 Å². The van der Waals surface area contributed by atoms with Crippen LogP contribution in [-0.4, -0.2) is 14.8 Å². The van der Waals surface area contributed by atoms with Gasteiger partial charge in [0, 0.05) is 29.8 Å². The lowest BCUT2D eigenvalue weighted by atomic mass is 10.1. The molecule has 0 spiro atoms. The molecule has 1 aromatic carbocycles. The number of rotatable bonds is 1. The number of terminal acetylenes is 1. The Bertz CT molecular complexity index is 763. The van der Waals surface area contributed by atoms with Gasteiger partial charge in [-0.3, -0.25) is 9.67 Å². The minimum absolute atomic E-state index is 0.839. The Labute approximate surface area is 105 Å². The summed E-state index contributed by atoms with van der Waals surface area (Å²) in [4.78, 5) is 4.35. The normalized spacial score (nSPS) is 10.4. The Morgan fingerprint density at radius 2 is 2.11 bits per heavy atom. The monoisotopic (exact) mass is 233 g/mol. The summed E-state index contributed by atoms with van der Waals surface area (Å²) in [5, 5.41) is 5.33. The molecule has 2 heterocycles. The predicted molar refractivity (Wildman–Crippen MR) is 71.9 cm³/mol. The first-order chi connectivity index (χ1) is 8.78. The average molecular weight is 233 g/mol. The van der Waals surface area contributed by atoms with E-state index in [1.807, 2.05) is 42.2 Å². The predicted octanol–water partition coefficient (Wildman–Crippen LogP) is 2.62. The van der Waals surface area contributed by atoms with Crippen molar-refractivity contribution in [2.45, 2.75) is 0 Å². The molecule has 3 heteroatoms. The van der Waals surface area contributed by atoms with E-state index in [2.05, 4.69) is 22.1 Å². The van der Waals surface area contributed by atoms with Crippen molar-refractivity contribution >= 4 is 10.9 Å². The fourth-order valence-electron chi connectivity index (χ4n) is 2.00. The maximum Gasteiger partial charge on any atom is 0.0714 e. The van der Waals surface area contributed by atoms with Gasteiger partial charge in [0.25, 0.3) is 0 Å². The van der Waals surface area contributed by atoms with Gasteiger partial charge in [-0.05, 0) is 24.3 Å². The highest BCUT2D eigenvalue weighted by molar-refractivity contribution is 5.83. The number of hydrogen-bond acceptors (Lipinski definition) is 2. The third-order valence-corrected chi connectivity index (χ3v) is 2.97. The fourth-order valence-corrected chi connectivity index (χ4v) is 2.00. The Kier molecular flexibility index (Phi) is 2.35. The van der Waals surface area contributed by atoms with Crippen LogP contribution in [-0.2, 0) is 7.05 Å². The van der Waals surface area contributed by atoms with Crippen LogP contribution in [0.1, 0.15) is 5.56 Å². The molecule has 2 aromatic heterocycles. The molecular formula is C15H11N3. The molecule has 0 radical (unpaired) electrons. The van der Waals surface area contributed by atoms with Gasteiger partial charge in [-0.25, -0.2) is 0 Å². The minimum atomic E-state index is 0.839. The quantitative estimate of drug-likeness (QED) is 0.605. The van der Waals surface area contributed by atoms with Crippen LogP contribution >= 0.6 is 0 Å². The second-order valence-electron chi connectivity index (χ2n) is 4.12. The number of nitrogens with zero attached hydrogens (tertiary/aromatic N) is 3. The van der Waals surface area contributed by atoms with E-state index in [0.717, 1.165) is 27.7 Å². The van der Waals surface area contributed by atoms with E-state index in [9.17, 15) is 0 Å².